The van der Waals surface area contributed by atoms with Crippen LogP contribution in [0.3, 0.4) is 0 Å². The van der Waals surface area contributed by atoms with Gasteiger partial charge in [-0.15, -0.1) is 0 Å². The van der Waals surface area contributed by atoms with E-state index in [0.717, 1.165) is 103 Å². The predicted molar refractivity (Wildman–Crippen MR) is 260 cm³/mol. The summed E-state index contributed by atoms with van der Waals surface area (Å²) in [5.41, 5.74) is 0. The first-order valence-electron chi connectivity index (χ1n) is 24.1. The molecule has 0 aliphatic rings. The molecule has 364 valence electrons. The average Bonchev–Trinajstić information content (AvgIpc) is 3.28. The van der Waals surface area contributed by atoms with Gasteiger partial charge in [-0.3, -0.25) is 23.4 Å². The lowest BCUT2D eigenvalue weighted by atomic mass is 10.1. The number of aliphatic hydroxyl groups is 1. The number of phosphoric acid groups is 1. The number of hydrogen-bond acceptors (Lipinski definition) is 10. The highest BCUT2D eigenvalue weighted by molar-refractivity contribution is 7.47. The smallest absolute Gasteiger partial charge is 0.462 e. The normalized spacial score (nSPS) is 14.4. The Balaban J connectivity index is 4.88. The molecule has 0 aromatic heterocycles. The maximum atomic E-state index is 12.8. The fraction of sp³-hybridized carbons (Fsp3) is 0.635. The van der Waals surface area contributed by atoms with Crippen LogP contribution in [0, 0.1) is 0 Å². The van der Waals surface area contributed by atoms with Crippen LogP contribution in [0.5, 0.6) is 0 Å². The van der Waals surface area contributed by atoms with Crippen LogP contribution in [0.15, 0.2) is 97.2 Å². The molecule has 0 aromatic carbocycles. The van der Waals surface area contributed by atoms with Crippen molar-refractivity contribution < 1.29 is 52.2 Å². The van der Waals surface area contributed by atoms with Crippen LogP contribution in [0.4, 0.5) is 0 Å². The number of hydrogen-bond donors (Lipinski definition) is 2. The van der Waals surface area contributed by atoms with Crippen LogP contribution >= 0.6 is 7.82 Å². The SMILES string of the molecule is CC/C=C\C/C=C\C/C=C\C/C=C\CCC(=O)OC(COC(=O)CCCCCCC/C=C\CCCC)COP(=O)(O)OCC(CO)OC(=O)CCCCC/C=C\C/C=C\C/C=C\CC. The summed E-state index contributed by atoms with van der Waals surface area (Å²) in [5.74, 6) is -1.62. The number of rotatable bonds is 43. The molecule has 64 heavy (non-hydrogen) atoms. The molecule has 0 bridgehead atoms. The van der Waals surface area contributed by atoms with E-state index in [1.807, 2.05) is 12.2 Å². The second kappa shape index (κ2) is 45.9. The van der Waals surface area contributed by atoms with E-state index in [1.54, 1.807) is 0 Å². The van der Waals surface area contributed by atoms with Crippen molar-refractivity contribution in [2.75, 3.05) is 26.4 Å². The average molecular weight is 917 g/mol. The topological polar surface area (TPSA) is 155 Å². The van der Waals surface area contributed by atoms with E-state index in [-0.39, 0.29) is 25.9 Å². The molecule has 0 aliphatic carbocycles. The van der Waals surface area contributed by atoms with Crippen LogP contribution in [-0.4, -0.2) is 66.5 Å². The van der Waals surface area contributed by atoms with Crippen molar-refractivity contribution in [3.05, 3.63) is 97.2 Å². The molecule has 0 aliphatic heterocycles. The monoisotopic (exact) mass is 917 g/mol. The number of carbonyl (C=O) groups excluding carboxylic acids is 3. The number of unbranched alkanes of at least 4 members (excludes halogenated alkanes) is 10. The Hall–Kier alpha value is -3.60. The third-order valence-electron chi connectivity index (χ3n) is 9.49. The molecule has 12 heteroatoms. The first kappa shape index (κ1) is 60.4. The van der Waals surface area contributed by atoms with Crippen molar-refractivity contribution in [1.82, 2.24) is 0 Å². The minimum Gasteiger partial charge on any atom is -0.462 e. The summed E-state index contributed by atoms with van der Waals surface area (Å²) in [4.78, 5) is 48.1. The molecule has 0 saturated carbocycles. The quantitative estimate of drug-likeness (QED) is 0.0197. The lowest BCUT2D eigenvalue weighted by Gasteiger charge is -2.21. The number of ether oxygens (including phenoxy) is 3. The van der Waals surface area contributed by atoms with Gasteiger partial charge in [0.2, 0.25) is 0 Å². The van der Waals surface area contributed by atoms with Crippen LogP contribution < -0.4 is 0 Å². The fourth-order valence-corrected chi connectivity index (χ4v) is 6.62. The van der Waals surface area contributed by atoms with Crippen molar-refractivity contribution in [1.29, 1.82) is 0 Å². The number of esters is 3. The van der Waals surface area contributed by atoms with E-state index in [1.165, 1.54) is 12.8 Å². The van der Waals surface area contributed by atoms with Crippen molar-refractivity contribution in [3.63, 3.8) is 0 Å². The third-order valence-corrected chi connectivity index (χ3v) is 10.4. The van der Waals surface area contributed by atoms with E-state index in [4.69, 9.17) is 23.3 Å². The van der Waals surface area contributed by atoms with Crippen LogP contribution in [0.2, 0.25) is 0 Å². The van der Waals surface area contributed by atoms with Crippen molar-refractivity contribution >= 4 is 25.7 Å². The Bertz CT molecular complexity index is 1440. The number of carbonyl (C=O) groups is 3. The van der Waals surface area contributed by atoms with E-state index >= 15 is 0 Å². The molecule has 2 N–H and O–H groups in total. The van der Waals surface area contributed by atoms with Gasteiger partial charge in [0.05, 0.1) is 19.8 Å². The molecule has 3 atom stereocenters. The van der Waals surface area contributed by atoms with E-state index in [0.29, 0.717) is 19.3 Å². The lowest BCUT2D eigenvalue weighted by Crippen LogP contribution is -2.30. The molecule has 0 aromatic rings. The van der Waals surface area contributed by atoms with Gasteiger partial charge in [-0.2, -0.15) is 0 Å². The molecule has 11 nitrogen and oxygen atoms in total. The van der Waals surface area contributed by atoms with Gasteiger partial charge in [-0.25, -0.2) is 4.57 Å². The van der Waals surface area contributed by atoms with Gasteiger partial charge in [0, 0.05) is 19.3 Å². The third kappa shape index (κ3) is 43.6. The summed E-state index contributed by atoms with van der Waals surface area (Å²) >= 11 is 0. The van der Waals surface area contributed by atoms with Gasteiger partial charge in [-0.1, -0.05) is 157 Å². The fourth-order valence-electron chi connectivity index (χ4n) is 5.83. The van der Waals surface area contributed by atoms with E-state index in [9.17, 15) is 28.9 Å². The zero-order valence-corrected chi connectivity index (χ0v) is 40.6. The zero-order chi connectivity index (χ0) is 47.0. The first-order valence-corrected chi connectivity index (χ1v) is 25.6. The highest BCUT2D eigenvalue weighted by Crippen LogP contribution is 2.43. The molecule has 0 fully saturated rings. The van der Waals surface area contributed by atoms with Crippen molar-refractivity contribution in [2.45, 2.75) is 187 Å². The Morgan fingerprint density at radius 2 is 0.844 bits per heavy atom. The molecular formula is C52H85O11P. The van der Waals surface area contributed by atoms with Gasteiger partial charge in [0.25, 0.3) is 0 Å². The van der Waals surface area contributed by atoms with E-state index in [2.05, 4.69) is 106 Å². The Kier molecular flexibility index (Phi) is 43.4. The van der Waals surface area contributed by atoms with E-state index < -0.39 is 57.8 Å². The standard InChI is InChI=1S/C52H85O11P/c1-4-7-10-13-16-19-22-24-27-30-33-36-39-42-51(55)62-48(44-53)46-60-64(57,58)61-47-49(45-59-50(54)41-38-35-32-29-26-21-18-15-12-9-6-3)63-52(56)43-40-37-34-31-28-25-23-20-17-14-11-8-5-2/h7-8,10-11,15-20,24-25,27-28,34,37,48-49,53H,4-6,9,12-14,21-23,26,29-33,35-36,38-47H2,1-3H3,(H,57,58)/b10-7-,11-8-,18-15-,19-16-,20-17-,27-24-,28-25-,37-34-. The molecule has 0 rings (SSSR count). The van der Waals surface area contributed by atoms with Gasteiger partial charge in [0.1, 0.15) is 12.7 Å². The first-order chi connectivity index (χ1) is 31.2. The maximum Gasteiger partial charge on any atom is 0.472 e. The second-order valence-electron chi connectivity index (χ2n) is 15.5. The predicted octanol–water partition coefficient (Wildman–Crippen LogP) is 13.4. The van der Waals surface area contributed by atoms with Crippen LogP contribution in [0.25, 0.3) is 0 Å². The second-order valence-corrected chi connectivity index (χ2v) is 17.0. The molecule has 0 amide bonds. The lowest BCUT2D eigenvalue weighted by molar-refractivity contribution is -0.161. The zero-order valence-electron chi connectivity index (χ0n) is 39.7. The maximum absolute atomic E-state index is 12.8. The van der Waals surface area contributed by atoms with Gasteiger partial charge in [-0.05, 0) is 96.3 Å². The molecule has 0 radical (unpaired) electrons. The summed E-state index contributed by atoms with van der Waals surface area (Å²) in [6.07, 6.45) is 51.3. The number of aliphatic hydroxyl groups excluding tert-OH is 1. The van der Waals surface area contributed by atoms with Gasteiger partial charge >= 0.3 is 25.7 Å². The summed E-state index contributed by atoms with van der Waals surface area (Å²) in [7, 11) is -4.77. The minimum absolute atomic E-state index is 0.0382. The Morgan fingerprint density at radius 1 is 0.453 bits per heavy atom. The van der Waals surface area contributed by atoms with Crippen molar-refractivity contribution in [3.8, 4) is 0 Å². The highest BCUT2D eigenvalue weighted by atomic mass is 31.2. The number of allylic oxidation sites excluding steroid dienone is 16. The van der Waals surface area contributed by atoms with Gasteiger partial charge in [0.15, 0.2) is 6.10 Å². The van der Waals surface area contributed by atoms with Gasteiger partial charge < -0.3 is 24.2 Å². The summed E-state index contributed by atoms with van der Waals surface area (Å²) in [6.45, 7) is 4.20. The summed E-state index contributed by atoms with van der Waals surface area (Å²) < 4.78 is 39.1. The molecular weight excluding hydrogens is 832 g/mol. The minimum atomic E-state index is -4.77. The molecule has 3 unspecified atom stereocenters. The van der Waals surface area contributed by atoms with Crippen LogP contribution in [0.1, 0.15) is 175 Å². The highest BCUT2D eigenvalue weighted by Gasteiger charge is 2.28. The number of phosphoric ester groups is 1. The molecule has 0 heterocycles. The van der Waals surface area contributed by atoms with Crippen molar-refractivity contribution in [2.24, 2.45) is 0 Å². The Labute approximate surface area is 387 Å². The summed E-state index contributed by atoms with van der Waals surface area (Å²) in [5, 5.41) is 9.74. The molecule has 0 spiro atoms. The molecule has 0 saturated heterocycles. The Morgan fingerprint density at radius 3 is 1.38 bits per heavy atom. The summed E-state index contributed by atoms with van der Waals surface area (Å²) in [6, 6.07) is 0. The largest absolute Gasteiger partial charge is 0.472 e. The van der Waals surface area contributed by atoms with Crippen LogP contribution in [-0.2, 0) is 42.2 Å².